The van der Waals surface area contributed by atoms with Crippen LogP contribution in [0.4, 0.5) is 0 Å². The maximum atomic E-state index is 13.9. The number of Topliss-reactive ketones (excluding diaryl/α,β-unsaturated/α-hetero) is 1. The number of ketones is 1. The second kappa shape index (κ2) is 20.7. The van der Waals surface area contributed by atoms with E-state index >= 15 is 0 Å². The Balaban J connectivity index is 1.78. The number of rotatable bonds is 20. The molecule has 0 radical (unpaired) electrons. The molecule has 17 nitrogen and oxygen atoms in total. The molecule has 55 heavy (non-hydrogen) atoms. The zero-order chi connectivity index (χ0) is 40.7. The number of nitrogens with one attached hydrogen (secondary N) is 5. The normalized spacial score (nSPS) is 15.2. The third-order valence-corrected chi connectivity index (χ3v) is 10.9. The number of aromatic carboxylic acids is 1. The maximum absolute atomic E-state index is 13.9. The van der Waals surface area contributed by atoms with Gasteiger partial charge in [0.05, 0.1) is 29.5 Å². The SMILES string of the molecule is CCCC(NC(=O)[C@H](CS(=O)(=O)CC)NC(=O)[C@@H](NC(=O)c1ccccc1C(=O)O)C1CCCCC1)C(=O)C(=O)NCC(=O)N[C@H](C(N)=O)c1ccccc1. The Hall–Kier alpha value is -5.65. The van der Waals surface area contributed by atoms with Crippen molar-refractivity contribution in [1.29, 1.82) is 0 Å². The van der Waals surface area contributed by atoms with E-state index in [2.05, 4.69) is 26.6 Å². The second-order valence-corrected chi connectivity index (χ2v) is 15.6. The summed E-state index contributed by atoms with van der Waals surface area (Å²) in [5.74, 6) is -10.0. The van der Waals surface area contributed by atoms with Gasteiger partial charge in [-0.1, -0.05) is 82.0 Å². The lowest BCUT2D eigenvalue weighted by atomic mass is 9.83. The summed E-state index contributed by atoms with van der Waals surface area (Å²) in [5.41, 5.74) is 5.31. The quantitative estimate of drug-likeness (QED) is 0.0897. The van der Waals surface area contributed by atoms with Gasteiger partial charge in [-0.15, -0.1) is 0 Å². The third kappa shape index (κ3) is 13.0. The fraction of sp³-hybridized carbons (Fsp3) is 0.459. The van der Waals surface area contributed by atoms with Gasteiger partial charge in [-0.2, -0.15) is 0 Å². The number of nitrogens with two attached hydrogens (primary N) is 1. The van der Waals surface area contributed by atoms with E-state index in [4.69, 9.17) is 5.73 Å². The number of benzene rings is 2. The van der Waals surface area contributed by atoms with Crippen LogP contribution in [0.3, 0.4) is 0 Å². The van der Waals surface area contributed by atoms with Crippen LogP contribution in [0.25, 0.3) is 0 Å². The van der Waals surface area contributed by atoms with Crippen molar-refractivity contribution in [3.8, 4) is 0 Å². The molecule has 3 rings (SSSR count). The number of hydrogen-bond donors (Lipinski definition) is 7. The van der Waals surface area contributed by atoms with E-state index in [0.29, 0.717) is 18.4 Å². The van der Waals surface area contributed by atoms with Crippen molar-refractivity contribution in [3.05, 3.63) is 71.3 Å². The minimum absolute atomic E-state index is 0.0765. The fourth-order valence-corrected chi connectivity index (χ4v) is 7.16. The van der Waals surface area contributed by atoms with Crippen LogP contribution in [0, 0.1) is 5.92 Å². The molecule has 0 spiro atoms. The lowest BCUT2D eigenvalue weighted by molar-refractivity contribution is -0.141. The van der Waals surface area contributed by atoms with E-state index in [1.807, 2.05) is 0 Å². The summed E-state index contributed by atoms with van der Waals surface area (Å²) < 4.78 is 25.6. The zero-order valence-electron chi connectivity index (χ0n) is 30.7. The Morgan fingerprint density at radius 3 is 1.96 bits per heavy atom. The summed E-state index contributed by atoms with van der Waals surface area (Å²) in [7, 11) is -3.95. The highest BCUT2D eigenvalue weighted by Crippen LogP contribution is 2.27. The largest absolute Gasteiger partial charge is 0.478 e. The molecule has 1 saturated carbocycles. The van der Waals surface area contributed by atoms with Crippen LogP contribution in [0.15, 0.2) is 54.6 Å². The molecule has 0 aliphatic heterocycles. The molecule has 1 aliphatic carbocycles. The molecule has 1 aliphatic rings. The molecule has 0 saturated heterocycles. The molecule has 6 amide bonds. The standard InChI is InChI=1S/C37H48N6O11S/c1-3-13-26(31(45)36(50)39-20-28(44)42-29(32(38)46)22-14-7-5-8-15-22)40-34(48)27(21-55(53,54)4-2)41-35(49)30(23-16-9-6-10-17-23)43-33(47)24-18-11-12-19-25(24)37(51)52/h5,7-8,11-12,14-15,18-19,23,26-27,29-30H,3-4,6,9-10,13,16-17,20-21H2,1-2H3,(H2,38,46)(H,39,50)(H,40,48)(H,41,49)(H,42,44)(H,43,47)(H,51,52)/t26?,27-,29-,30-/m0/s1. The number of amides is 6. The van der Waals surface area contributed by atoms with Gasteiger partial charge in [-0.05, 0) is 42.9 Å². The van der Waals surface area contributed by atoms with E-state index in [-0.39, 0.29) is 24.0 Å². The van der Waals surface area contributed by atoms with E-state index in [1.165, 1.54) is 31.2 Å². The number of primary amides is 1. The number of sulfone groups is 1. The van der Waals surface area contributed by atoms with Crippen molar-refractivity contribution in [2.75, 3.05) is 18.1 Å². The summed E-state index contributed by atoms with van der Waals surface area (Å²) in [5, 5.41) is 21.5. The van der Waals surface area contributed by atoms with E-state index in [9.17, 15) is 51.9 Å². The van der Waals surface area contributed by atoms with Gasteiger partial charge in [0.25, 0.3) is 11.8 Å². The minimum Gasteiger partial charge on any atom is -0.478 e. The van der Waals surface area contributed by atoms with Crippen molar-refractivity contribution in [2.24, 2.45) is 11.7 Å². The predicted molar refractivity (Wildman–Crippen MR) is 199 cm³/mol. The average Bonchev–Trinajstić information content (AvgIpc) is 3.17. The Bertz CT molecular complexity index is 1850. The zero-order valence-corrected chi connectivity index (χ0v) is 31.5. The minimum atomic E-state index is -3.95. The van der Waals surface area contributed by atoms with Crippen LogP contribution >= 0.6 is 0 Å². The maximum Gasteiger partial charge on any atom is 0.336 e. The Kier molecular flexibility index (Phi) is 16.5. The predicted octanol–water partition coefficient (Wildman–Crippen LogP) is 0.296. The first kappa shape index (κ1) is 43.8. The van der Waals surface area contributed by atoms with Gasteiger partial charge < -0.3 is 37.4 Å². The molecular formula is C37H48N6O11S. The number of hydrogen-bond acceptors (Lipinski definition) is 10. The van der Waals surface area contributed by atoms with Gasteiger partial charge in [0, 0.05) is 5.75 Å². The summed E-state index contributed by atoms with van der Waals surface area (Å²) in [6, 6.07) is 7.74. The molecule has 8 N–H and O–H groups in total. The number of carboxylic acids is 1. The lowest BCUT2D eigenvalue weighted by Crippen LogP contribution is -2.60. The first-order valence-corrected chi connectivity index (χ1v) is 19.8. The fourth-order valence-electron chi connectivity index (χ4n) is 6.18. The second-order valence-electron chi connectivity index (χ2n) is 13.2. The van der Waals surface area contributed by atoms with Crippen molar-refractivity contribution >= 4 is 57.0 Å². The van der Waals surface area contributed by atoms with E-state index in [0.717, 1.165) is 19.3 Å². The van der Waals surface area contributed by atoms with E-state index < -0.39 is 105 Å². The summed E-state index contributed by atoms with van der Waals surface area (Å²) in [6.07, 6.45) is 3.57. The molecule has 298 valence electrons. The van der Waals surface area contributed by atoms with Crippen molar-refractivity contribution < 1.29 is 51.9 Å². The first-order chi connectivity index (χ1) is 26.1. The molecular weight excluding hydrogens is 737 g/mol. The van der Waals surface area contributed by atoms with Crippen LogP contribution in [0.2, 0.25) is 0 Å². The highest BCUT2D eigenvalue weighted by Gasteiger charge is 2.37. The van der Waals surface area contributed by atoms with E-state index in [1.54, 1.807) is 37.3 Å². The molecule has 1 unspecified atom stereocenters. The highest BCUT2D eigenvalue weighted by atomic mass is 32.2. The summed E-state index contributed by atoms with van der Waals surface area (Å²) >= 11 is 0. The summed E-state index contributed by atoms with van der Waals surface area (Å²) in [4.78, 5) is 103. The van der Waals surface area contributed by atoms with Crippen LogP contribution in [-0.4, -0.2) is 96.9 Å². The molecule has 0 bridgehead atoms. The van der Waals surface area contributed by atoms with Crippen molar-refractivity contribution in [3.63, 3.8) is 0 Å². The van der Waals surface area contributed by atoms with Gasteiger partial charge in [-0.3, -0.25) is 33.6 Å². The Labute approximate surface area is 318 Å². The topological polar surface area (TPSA) is 277 Å². The molecule has 0 aromatic heterocycles. The Morgan fingerprint density at radius 1 is 0.782 bits per heavy atom. The molecule has 0 heterocycles. The lowest BCUT2D eigenvalue weighted by Gasteiger charge is -2.31. The number of carbonyl (C=O) groups is 8. The van der Waals surface area contributed by atoms with Crippen LogP contribution in [0.5, 0.6) is 0 Å². The number of carbonyl (C=O) groups excluding carboxylic acids is 7. The average molecular weight is 785 g/mol. The van der Waals surface area contributed by atoms with Gasteiger partial charge in [0.1, 0.15) is 18.1 Å². The van der Waals surface area contributed by atoms with Crippen LogP contribution in [0.1, 0.15) is 91.1 Å². The van der Waals surface area contributed by atoms with Crippen LogP contribution < -0.4 is 32.3 Å². The monoisotopic (exact) mass is 784 g/mol. The van der Waals surface area contributed by atoms with Crippen molar-refractivity contribution in [2.45, 2.75) is 83.0 Å². The molecule has 1 fully saturated rings. The molecule has 4 atom stereocenters. The molecule has 2 aromatic rings. The van der Waals surface area contributed by atoms with Crippen LogP contribution in [-0.2, 0) is 38.6 Å². The first-order valence-electron chi connectivity index (χ1n) is 18.0. The van der Waals surface area contributed by atoms with Crippen molar-refractivity contribution in [1.82, 2.24) is 26.6 Å². The molecule has 2 aromatic carbocycles. The summed E-state index contributed by atoms with van der Waals surface area (Å²) in [6.45, 7) is 2.27. The highest BCUT2D eigenvalue weighted by molar-refractivity contribution is 7.91. The smallest absolute Gasteiger partial charge is 0.336 e. The third-order valence-electron chi connectivity index (χ3n) is 9.15. The van der Waals surface area contributed by atoms with Gasteiger partial charge in [0.2, 0.25) is 29.4 Å². The van der Waals surface area contributed by atoms with Gasteiger partial charge in [-0.25, -0.2) is 13.2 Å². The van der Waals surface area contributed by atoms with Gasteiger partial charge >= 0.3 is 5.97 Å². The Morgan fingerprint density at radius 2 is 1.38 bits per heavy atom. The number of carboxylic acid groups (broad SMARTS) is 1. The molecule has 18 heteroatoms. The van der Waals surface area contributed by atoms with Gasteiger partial charge in [0.15, 0.2) is 9.84 Å².